The van der Waals surface area contributed by atoms with E-state index in [4.69, 9.17) is 30.4 Å². The van der Waals surface area contributed by atoms with Gasteiger partial charge in [-0.25, -0.2) is 0 Å². The zero-order valence-electron chi connectivity index (χ0n) is 12.2. The molecule has 6 heteroatoms. The molecule has 0 aromatic heterocycles. The van der Waals surface area contributed by atoms with E-state index in [1.165, 1.54) is 0 Å². The molecule has 0 aliphatic carbocycles. The second kappa shape index (κ2) is 16.8. The second-order valence-corrected chi connectivity index (χ2v) is 3.41. The van der Waals surface area contributed by atoms with Gasteiger partial charge in [0.15, 0.2) is 12.6 Å². The van der Waals surface area contributed by atoms with Crippen LogP contribution < -0.4 is 11.5 Å². The molecule has 0 radical (unpaired) electrons. The van der Waals surface area contributed by atoms with Crippen LogP contribution in [-0.2, 0) is 18.9 Å². The van der Waals surface area contributed by atoms with E-state index in [-0.39, 0.29) is 12.6 Å². The number of ether oxygens (including phenoxy) is 4. The van der Waals surface area contributed by atoms with Crippen molar-refractivity contribution in [1.29, 1.82) is 0 Å². The van der Waals surface area contributed by atoms with E-state index in [9.17, 15) is 0 Å². The lowest BCUT2D eigenvalue weighted by atomic mass is 10.3. The molecule has 0 rings (SSSR count). The fourth-order valence-electron chi connectivity index (χ4n) is 1.17. The summed E-state index contributed by atoms with van der Waals surface area (Å²) >= 11 is 0. The largest absolute Gasteiger partial charge is 0.356 e. The van der Waals surface area contributed by atoms with Crippen LogP contribution in [0.1, 0.15) is 26.7 Å². The standard InChI is InChI=1S/2C6H15NO2/c1-8-6(9-2)4-3-5-7;1-3-8-6(5-7)9-4-2/h2*6H,3-5,7H2,1-2H3. The Labute approximate surface area is 111 Å². The third-order valence-electron chi connectivity index (χ3n) is 2.07. The van der Waals surface area contributed by atoms with Gasteiger partial charge < -0.3 is 30.4 Å². The molecule has 0 spiro atoms. The summed E-state index contributed by atoms with van der Waals surface area (Å²) in [5.74, 6) is 0. The Morgan fingerprint density at radius 2 is 1.39 bits per heavy atom. The molecule has 0 fully saturated rings. The first-order valence-electron chi connectivity index (χ1n) is 6.38. The van der Waals surface area contributed by atoms with Crippen LogP contribution in [0, 0.1) is 0 Å². The number of nitrogens with two attached hydrogens (primary N) is 2. The average molecular weight is 266 g/mol. The summed E-state index contributed by atoms with van der Waals surface area (Å²) in [6, 6.07) is 0. The minimum absolute atomic E-state index is 0.0754. The Morgan fingerprint density at radius 3 is 1.67 bits per heavy atom. The fraction of sp³-hybridized carbons (Fsp3) is 1.00. The first kappa shape index (κ1) is 20.1. The van der Waals surface area contributed by atoms with Crippen molar-refractivity contribution in [3.05, 3.63) is 0 Å². The minimum Gasteiger partial charge on any atom is -0.356 e. The van der Waals surface area contributed by atoms with Gasteiger partial charge in [0.25, 0.3) is 0 Å². The van der Waals surface area contributed by atoms with E-state index in [1.54, 1.807) is 14.2 Å². The van der Waals surface area contributed by atoms with Gasteiger partial charge in [-0.1, -0.05) is 0 Å². The zero-order valence-corrected chi connectivity index (χ0v) is 12.2. The first-order valence-corrected chi connectivity index (χ1v) is 6.38. The Hall–Kier alpha value is -0.240. The number of hydrogen-bond acceptors (Lipinski definition) is 6. The third kappa shape index (κ3) is 13.8. The van der Waals surface area contributed by atoms with Gasteiger partial charge in [0, 0.05) is 34.0 Å². The van der Waals surface area contributed by atoms with Crippen LogP contribution >= 0.6 is 0 Å². The molecule has 0 bridgehead atoms. The van der Waals surface area contributed by atoms with Crippen molar-refractivity contribution >= 4 is 0 Å². The Balaban J connectivity index is 0. The molecule has 6 nitrogen and oxygen atoms in total. The van der Waals surface area contributed by atoms with Crippen LogP contribution in [0.5, 0.6) is 0 Å². The highest BCUT2D eigenvalue weighted by Gasteiger charge is 2.02. The molecule has 0 amide bonds. The van der Waals surface area contributed by atoms with E-state index < -0.39 is 0 Å². The summed E-state index contributed by atoms with van der Waals surface area (Å²) in [4.78, 5) is 0. The Kier molecular flexibility index (Phi) is 18.7. The third-order valence-corrected chi connectivity index (χ3v) is 2.07. The highest BCUT2D eigenvalue weighted by atomic mass is 16.7. The predicted octanol–water partition coefficient (Wildman–Crippen LogP) is 0.688. The summed E-state index contributed by atoms with van der Waals surface area (Å²) in [7, 11) is 3.26. The molecule has 0 aromatic carbocycles. The molecule has 0 atom stereocenters. The van der Waals surface area contributed by atoms with Crippen LogP contribution in [-0.4, -0.2) is 53.1 Å². The fourth-order valence-corrected chi connectivity index (χ4v) is 1.17. The first-order chi connectivity index (χ1) is 8.69. The van der Waals surface area contributed by atoms with Crippen molar-refractivity contribution in [3.8, 4) is 0 Å². The molecule has 0 heterocycles. The lowest BCUT2D eigenvalue weighted by Crippen LogP contribution is -2.26. The van der Waals surface area contributed by atoms with Gasteiger partial charge in [0.1, 0.15) is 0 Å². The summed E-state index contributed by atoms with van der Waals surface area (Å²) in [5.41, 5.74) is 10.6. The molecule has 0 unspecified atom stereocenters. The van der Waals surface area contributed by atoms with Crippen LogP contribution in [0.25, 0.3) is 0 Å². The van der Waals surface area contributed by atoms with Crippen molar-refractivity contribution in [2.24, 2.45) is 11.5 Å². The smallest absolute Gasteiger partial charge is 0.169 e. The van der Waals surface area contributed by atoms with Crippen molar-refractivity contribution < 1.29 is 18.9 Å². The summed E-state index contributed by atoms with van der Waals surface area (Å²) in [5, 5.41) is 0. The highest BCUT2D eigenvalue weighted by molar-refractivity contribution is 4.44. The van der Waals surface area contributed by atoms with E-state index >= 15 is 0 Å². The van der Waals surface area contributed by atoms with E-state index in [2.05, 4.69) is 0 Å². The number of methoxy groups -OCH3 is 2. The van der Waals surface area contributed by atoms with Crippen molar-refractivity contribution in [1.82, 2.24) is 0 Å². The summed E-state index contributed by atoms with van der Waals surface area (Å²) in [6.45, 7) is 6.28. The topological polar surface area (TPSA) is 89.0 Å². The SMILES string of the molecule is CCOC(CN)OCC.COC(CCCN)OC. The van der Waals surface area contributed by atoms with Crippen molar-refractivity contribution in [2.45, 2.75) is 39.3 Å². The molecule has 0 saturated carbocycles. The van der Waals surface area contributed by atoms with Crippen LogP contribution in [0.15, 0.2) is 0 Å². The Morgan fingerprint density at radius 1 is 0.889 bits per heavy atom. The van der Waals surface area contributed by atoms with E-state index in [0.29, 0.717) is 26.3 Å². The maximum atomic E-state index is 5.29. The van der Waals surface area contributed by atoms with Crippen LogP contribution in [0.4, 0.5) is 0 Å². The summed E-state index contributed by atoms with van der Waals surface area (Å²) < 4.78 is 20.0. The molecule has 0 aromatic rings. The molecular formula is C12H30N2O4. The lowest BCUT2D eigenvalue weighted by molar-refractivity contribution is -0.128. The number of hydrogen-bond donors (Lipinski definition) is 2. The van der Waals surface area contributed by atoms with Gasteiger partial charge >= 0.3 is 0 Å². The van der Waals surface area contributed by atoms with Crippen LogP contribution in [0.2, 0.25) is 0 Å². The molecular weight excluding hydrogens is 236 g/mol. The monoisotopic (exact) mass is 266 g/mol. The molecule has 112 valence electrons. The van der Waals surface area contributed by atoms with Gasteiger partial charge in [-0.05, 0) is 33.2 Å². The normalized spacial score (nSPS) is 10.7. The van der Waals surface area contributed by atoms with E-state index in [1.807, 2.05) is 13.8 Å². The molecule has 4 N–H and O–H groups in total. The predicted molar refractivity (Wildman–Crippen MR) is 72.2 cm³/mol. The molecule has 18 heavy (non-hydrogen) atoms. The molecule has 0 saturated heterocycles. The Bertz CT molecular complexity index is 140. The van der Waals surface area contributed by atoms with Gasteiger partial charge in [-0.3, -0.25) is 0 Å². The molecule has 0 aliphatic heterocycles. The minimum atomic E-state index is -0.208. The van der Waals surface area contributed by atoms with E-state index in [0.717, 1.165) is 12.8 Å². The van der Waals surface area contributed by atoms with Gasteiger partial charge in [-0.2, -0.15) is 0 Å². The maximum Gasteiger partial charge on any atom is 0.169 e. The summed E-state index contributed by atoms with van der Waals surface area (Å²) in [6.07, 6.45) is 1.55. The number of rotatable bonds is 10. The van der Waals surface area contributed by atoms with Gasteiger partial charge in [0.2, 0.25) is 0 Å². The maximum absolute atomic E-state index is 5.29. The zero-order chi connectivity index (χ0) is 14.2. The van der Waals surface area contributed by atoms with Crippen molar-refractivity contribution in [2.75, 3.05) is 40.5 Å². The second-order valence-electron chi connectivity index (χ2n) is 3.41. The van der Waals surface area contributed by atoms with Crippen LogP contribution in [0.3, 0.4) is 0 Å². The lowest BCUT2D eigenvalue weighted by Gasteiger charge is -2.13. The van der Waals surface area contributed by atoms with Gasteiger partial charge in [-0.15, -0.1) is 0 Å². The van der Waals surface area contributed by atoms with Crippen molar-refractivity contribution in [3.63, 3.8) is 0 Å². The quantitative estimate of drug-likeness (QED) is 0.565. The van der Waals surface area contributed by atoms with Gasteiger partial charge in [0.05, 0.1) is 0 Å². The average Bonchev–Trinajstić information content (AvgIpc) is 2.40. The highest BCUT2D eigenvalue weighted by Crippen LogP contribution is 1.99. The molecule has 0 aliphatic rings.